The monoisotopic (exact) mass is 480 g/mol. The van der Waals surface area contributed by atoms with Crippen LogP contribution in [0.4, 0.5) is 0 Å². The number of primary amides is 1. The fourth-order valence-corrected chi connectivity index (χ4v) is 6.51. The molecule has 9 nitrogen and oxygen atoms in total. The van der Waals surface area contributed by atoms with Gasteiger partial charge in [-0.05, 0) is 69.3 Å². The highest BCUT2D eigenvalue weighted by Crippen LogP contribution is 2.51. The van der Waals surface area contributed by atoms with Gasteiger partial charge in [0.2, 0.25) is 5.91 Å². The molecule has 0 heterocycles. The van der Waals surface area contributed by atoms with Crippen molar-refractivity contribution in [2.75, 3.05) is 14.1 Å². The first-order chi connectivity index (χ1) is 16.5. The second-order valence-corrected chi connectivity index (χ2v) is 10.5. The van der Waals surface area contributed by atoms with Crippen molar-refractivity contribution in [1.29, 1.82) is 0 Å². The first-order valence-corrected chi connectivity index (χ1v) is 11.9. The highest BCUT2D eigenvalue weighted by Gasteiger charge is 2.69. The summed E-state index contributed by atoms with van der Waals surface area (Å²) in [5, 5.41) is 22.1. The van der Waals surface area contributed by atoms with Crippen LogP contribution in [-0.4, -0.2) is 69.9 Å². The third-order valence-electron chi connectivity index (χ3n) is 8.34. The third kappa shape index (κ3) is 3.18. The Morgan fingerprint density at radius 1 is 1.14 bits per heavy atom. The van der Waals surface area contributed by atoms with E-state index in [1.54, 1.807) is 20.2 Å². The van der Waals surface area contributed by atoms with E-state index in [2.05, 4.69) is 0 Å². The van der Waals surface area contributed by atoms with Crippen LogP contribution >= 0.6 is 0 Å². The number of carbonyl (C=O) groups is 5. The largest absolute Gasteiger partial charge is 0.507 e. The van der Waals surface area contributed by atoms with Crippen molar-refractivity contribution < 1.29 is 34.2 Å². The zero-order chi connectivity index (χ0) is 25.4. The first kappa shape index (κ1) is 23.6. The summed E-state index contributed by atoms with van der Waals surface area (Å²) in [6, 6.07) is 2.07. The lowest BCUT2D eigenvalue weighted by Crippen LogP contribution is -2.74. The van der Waals surface area contributed by atoms with E-state index in [0.717, 1.165) is 24.8 Å². The smallest absolute Gasteiger partial charge is 0.235 e. The molecule has 0 bridgehead atoms. The van der Waals surface area contributed by atoms with Gasteiger partial charge in [0.25, 0.3) is 0 Å². The molecule has 184 valence electrons. The third-order valence-corrected chi connectivity index (χ3v) is 8.34. The molecule has 3 saturated carbocycles. The van der Waals surface area contributed by atoms with Gasteiger partial charge in [0, 0.05) is 5.92 Å². The number of Topliss-reactive ketones (excluding diaryl/α,β-unsaturated/α-hetero) is 4. The first-order valence-electron chi connectivity index (χ1n) is 11.9. The summed E-state index contributed by atoms with van der Waals surface area (Å²) in [6.07, 6.45) is 5.39. The van der Waals surface area contributed by atoms with Crippen LogP contribution in [0.15, 0.2) is 17.7 Å². The van der Waals surface area contributed by atoms with E-state index in [9.17, 15) is 34.2 Å². The number of allylic oxidation sites excluding steroid dienone is 1. The minimum absolute atomic E-state index is 0.0327. The molecule has 35 heavy (non-hydrogen) atoms. The average molecular weight is 481 g/mol. The number of rotatable bonds is 3. The Hall–Kier alpha value is -3.17. The fraction of sp³-hybridized carbons (Fsp3) is 0.500. The van der Waals surface area contributed by atoms with Crippen molar-refractivity contribution >= 4 is 35.1 Å². The van der Waals surface area contributed by atoms with Gasteiger partial charge in [-0.3, -0.25) is 28.9 Å². The number of hydrogen-bond acceptors (Lipinski definition) is 8. The van der Waals surface area contributed by atoms with Gasteiger partial charge >= 0.3 is 0 Å². The van der Waals surface area contributed by atoms with Crippen LogP contribution < -0.4 is 5.73 Å². The van der Waals surface area contributed by atoms with Crippen LogP contribution in [0.5, 0.6) is 5.75 Å². The number of carbonyl (C=O) groups excluding carboxylic acids is 5. The number of hydrogen-bond donors (Lipinski definition) is 3. The number of nitrogens with zero attached hydrogens (tertiary/aromatic N) is 1. The van der Waals surface area contributed by atoms with Gasteiger partial charge in [-0.25, -0.2) is 0 Å². The molecule has 1 aromatic carbocycles. The van der Waals surface area contributed by atoms with E-state index >= 15 is 0 Å². The Labute approximate surface area is 202 Å². The summed E-state index contributed by atoms with van der Waals surface area (Å²) >= 11 is 0. The van der Waals surface area contributed by atoms with E-state index in [1.807, 2.05) is 6.08 Å². The van der Waals surface area contributed by atoms with Gasteiger partial charge in [0.1, 0.15) is 5.75 Å². The quantitative estimate of drug-likeness (QED) is 0.526. The average Bonchev–Trinajstić information content (AvgIpc) is 2.74. The summed E-state index contributed by atoms with van der Waals surface area (Å²) in [5.41, 5.74) is 5.35. The summed E-state index contributed by atoms with van der Waals surface area (Å²) in [5.74, 6) is -10.2. The number of likely N-dealkylation sites (N-methyl/N-ethyl adjacent to an activating group) is 1. The van der Waals surface area contributed by atoms with E-state index in [1.165, 1.54) is 16.5 Å². The molecule has 4 N–H and O–H groups in total. The van der Waals surface area contributed by atoms with E-state index in [-0.39, 0.29) is 24.2 Å². The SMILES string of the molecule is CN(C)C1C(=O)C(C(N)=O)C(=O)C2(O)C(=O)C3C(=O)c4c(O)ccc(C=C5CCC5)c4CC3CC12. The number of benzene rings is 1. The minimum atomic E-state index is -2.70. The Kier molecular flexibility index (Phi) is 5.34. The van der Waals surface area contributed by atoms with Gasteiger partial charge in [0.05, 0.1) is 17.5 Å². The van der Waals surface area contributed by atoms with Gasteiger partial charge in [-0.2, -0.15) is 0 Å². The van der Waals surface area contributed by atoms with Crippen molar-refractivity contribution in [3.05, 3.63) is 34.4 Å². The number of nitrogens with two attached hydrogens (primary N) is 1. The summed E-state index contributed by atoms with van der Waals surface area (Å²) in [7, 11) is 3.13. The predicted octanol–water partition coefficient (Wildman–Crippen LogP) is 0.434. The molecule has 9 heteroatoms. The minimum Gasteiger partial charge on any atom is -0.507 e. The molecule has 0 spiro atoms. The number of aromatic hydroxyl groups is 1. The zero-order valence-electron chi connectivity index (χ0n) is 19.6. The molecule has 4 aliphatic carbocycles. The molecule has 6 atom stereocenters. The van der Waals surface area contributed by atoms with Crippen LogP contribution in [-0.2, 0) is 25.6 Å². The van der Waals surface area contributed by atoms with Gasteiger partial charge in [0.15, 0.2) is 34.7 Å². The van der Waals surface area contributed by atoms with Crippen molar-refractivity contribution in [2.45, 2.75) is 43.7 Å². The molecule has 4 aliphatic rings. The van der Waals surface area contributed by atoms with Gasteiger partial charge in [-0.15, -0.1) is 0 Å². The molecule has 0 aromatic heterocycles. The lowest BCUT2D eigenvalue weighted by atomic mass is 9.52. The summed E-state index contributed by atoms with van der Waals surface area (Å²) in [6.45, 7) is 0. The lowest BCUT2D eigenvalue weighted by Gasteiger charge is -2.52. The molecule has 0 radical (unpaired) electrons. The molecular formula is C26H28N2O7. The maximum Gasteiger partial charge on any atom is 0.235 e. The second kappa shape index (κ2) is 7.93. The van der Waals surface area contributed by atoms with Crippen molar-refractivity contribution in [1.82, 2.24) is 4.90 Å². The maximum atomic E-state index is 13.8. The van der Waals surface area contributed by atoms with E-state index in [0.29, 0.717) is 5.56 Å². The molecule has 3 fully saturated rings. The number of ketones is 4. The topological polar surface area (TPSA) is 155 Å². The number of aliphatic hydroxyl groups is 1. The van der Waals surface area contributed by atoms with Crippen molar-refractivity contribution in [3.63, 3.8) is 0 Å². The number of amides is 1. The molecular weight excluding hydrogens is 452 g/mol. The van der Waals surface area contributed by atoms with E-state index in [4.69, 9.17) is 5.73 Å². The molecule has 1 amide bonds. The molecule has 6 unspecified atom stereocenters. The highest BCUT2D eigenvalue weighted by atomic mass is 16.3. The Balaban J connectivity index is 1.63. The molecule has 1 aromatic rings. The molecule has 0 aliphatic heterocycles. The zero-order valence-corrected chi connectivity index (χ0v) is 19.6. The Bertz CT molecular complexity index is 1230. The number of fused-ring (bicyclic) bond motifs is 3. The molecule has 5 rings (SSSR count). The predicted molar refractivity (Wildman–Crippen MR) is 123 cm³/mol. The second-order valence-electron chi connectivity index (χ2n) is 10.5. The van der Waals surface area contributed by atoms with E-state index < -0.39 is 64.4 Å². The van der Waals surface area contributed by atoms with Crippen LogP contribution in [0.3, 0.4) is 0 Å². The number of phenolic OH excluding ortho intramolecular Hbond substituents is 1. The van der Waals surface area contributed by atoms with Crippen molar-refractivity contribution in [2.24, 2.45) is 29.4 Å². The van der Waals surface area contributed by atoms with Crippen LogP contribution in [0, 0.1) is 23.7 Å². The highest BCUT2D eigenvalue weighted by molar-refractivity contribution is 6.32. The van der Waals surface area contributed by atoms with Crippen molar-refractivity contribution in [3.8, 4) is 5.75 Å². The van der Waals surface area contributed by atoms with Gasteiger partial charge < -0.3 is 15.9 Å². The van der Waals surface area contributed by atoms with Crippen LogP contribution in [0.2, 0.25) is 0 Å². The Morgan fingerprint density at radius 2 is 1.83 bits per heavy atom. The lowest BCUT2D eigenvalue weighted by molar-refractivity contribution is -0.181. The summed E-state index contributed by atoms with van der Waals surface area (Å²) in [4.78, 5) is 67.2. The summed E-state index contributed by atoms with van der Waals surface area (Å²) < 4.78 is 0. The van der Waals surface area contributed by atoms with Crippen LogP contribution in [0.1, 0.15) is 47.2 Å². The van der Waals surface area contributed by atoms with Crippen LogP contribution in [0.25, 0.3) is 6.08 Å². The maximum absolute atomic E-state index is 13.8. The molecule has 0 saturated heterocycles. The Morgan fingerprint density at radius 3 is 2.40 bits per heavy atom. The number of phenols is 1. The standard InChI is InChI=1S/C26H28N2O7/c1-28(2)20-15-10-13-9-14-12(8-11-4-3-5-11)6-7-16(29)18(14)21(30)17(13)23(32)26(15,35)24(33)19(22(20)31)25(27)34/h6-8,13,15,17,19-20,29,35H,3-5,9-10H2,1-2H3,(H2,27,34). The fourth-order valence-electron chi connectivity index (χ4n) is 6.51. The van der Waals surface area contributed by atoms with Gasteiger partial charge in [-0.1, -0.05) is 17.7 Å². The normalized spacial score (nSPS) is 34.2.